The second-order valence-electron chi connectivity index (χ2n) is 6.22. The molecule has 1 aliphatic rings. The van der Waals surface area contributed by atoms with Gasteiger partial charge < -0.3 is 10.2 Å². The summed E-state index contributed by atoms with van der Waals surface area (Å²) in [5, 5.41) is 3.47. The molecular formula is C19H22ClN3O. The molecular weight excluding hydrogens is 322 g/mol. The third kappa shape index (κ3) is 4.06. The van der Waals surface area contributed by atoms with Gasteiger partial charge in [-0.05, 0) is 49.6 Å². The minimum absolute atomic E-state index is 0.225. The first-order valence-electron chi connectivity index (χ1n) is 8.42. The third-order valence-electron chi connectivity index (χ3n) is 4.38. The SMILES string of the molecule is Cc1ccc(NC(=O)c2ccc(N3CCCCCC3)cn2)cc1Cl. The minimum atomic E-state index is -0.225. The second-order valence-corrected chi connectivity index (χ2v) is 6.63. The number of pyridine rings is 1. The van der Waals surface area contributed by atoms with Crippen molar-refractivity contribution in [2.24, 2.45) is 0 Å². The van der Waals surface area contributed by atoms with E-state index in [9.17, 15) is 4.79 Å². The Morgan fingerprint density at radius 2 is 1.88 bits per heavy atom. The van der Waals surface area contributed by atoms with Crippen LogP contribution in [0.3, 0.4) is 0 Å². The lowest BCUT2D eigenvalue weighted by molar-refractivity contribution is 0.102. The van der Waals surface area contributed by atoms with Gasteiger partial charge in [0.2, 0.25) is 0 Å². The molecule has 4 nitrogen and oxygen atoms in total. The van der Waals surface area contributed by atoms with Gasteiger partial charge in [-0.3, -0.25) is 4.79 Å². The molecule has 0 atom stereocenters. The van der Waals surface area contributed by atoms with Crippen LogP contribution in [0.5, 0.6) is 0 Å². The average Bonchev–Trinajstić information content (AvgIpc) is 2.88. The number of nitrogens with one attached hydrogen (secondary N) is 1. The fourth-order valence-corrected chi connectivity index (χ4v) is 3.08. The van der Waals surface area contributed by atoms with Crippen molar-refractivity contribution in [3.05, 3.63) is 52.8 Å². The molecule has 0 bridgehead atoms. The molecule has 0 spiro atoms. The molecule has 1 aromatic carbocycles. The highest BCUT2D eigenvalue weighted by molar-refractivity contribution is 6.31. The van der Waals surface area contributed by atoms with E-state index in [4.69, 9.17) is 11.6 Å². The van der Waals surface area contributed by atoms with Gasteiger partial charge in [0.1, 0.15) is 5.69 Å². The van der Waals surface area contributed by atoms with E-state index >= 15 is 0 Å². The largest absolute Gasteiger partial charge is 0.370 e. The molecule has 1 fully saturated rings. The predicted molar refractivity (Wildman–Crippen MR) is 99.1 cm³/mol. The highest BCUT2D eigenvalue weighted by Crippen LogP contribution is 2.21. The molecule has 0 aliphatic carbocycles. The number of halogens is 1. The number of aryl methyl sites for hydroxylation is 1. The smallest absolute Gasteiger partial charge is 0.274 e. The van der Waals surface area contributed by atoms with Crippen LogP contribution in [-0.2, 0) is 0 Å². The molecule has 2 heterocycles. The number of rotatable bonds is 3. The summed E-state index contributed by atoms with van der Waals surface area (Å²) >= 11 is 6.09. The van der Waals surface area contributed by atoms with E-state index in [0.717, 1.165) is 24.3 Å². The Kier molecular flexibility index (Phi) is 5.36. The fraction of sp³-hybridized carbons (Fsp3) is 0.368. The van der Waals surface area contributed by atoms with Gasteiger partial charge in [-0.1, -0.05) is 30.5 Å². The third-order valence-corrected chi connectivity index (χ3v) is 4.79. The van der Waals surface area contributed by atoms with Crippen LogP contribution in [0.2, 0.25) is 5.02 Å². The van der Waals surface area contributed by atoms with Crippen molar-refractivity contribution in [2.75, 3.05) is 23.3 Å². The van der Waals surface area contributed by atoms with E-state index in [2.05, 4.69) is 15.2 Å². The van der Waals surface area contributed by atoms with Crippen molar-refractivity contribution in [1.29, 1.82) is 0 Å². The monoisotopic (exact) mass is 343 g/mol. The van der Waals surface area contributed by atoms with Crippen molar-refractivity contribution >= 4 is 28.9 Å². The van der Waals surface area contributed by atoms with Crippen LogP contribution in [0.1, 0.15) is 41.7 Å². The first kappa shape index (κ1) is 16.8. The molecule has 2 aromatic rings. The Hall–Kier alpha value is -2.07. The normalized spacial score (nSPS) is 15.0. The summed E-state index contributed by atoms with van der Waals surface area (Å²) in [7, 11) is 0. The van der Waals surface area contributed by atoms with E-state index in [1.165, 1.54) is 25.7 Å². The summed E-state index contributed by atoms with van der Waals surface area (Å²) in [6, 6.07) is 9.24. The van der Waals surface area contributed by atoms with E-state index in [0.29, 0.717) is 16.4 Å². The van der Waals surface area contributed by atoms with Crippen LogP contribution in [0, 0.1) is 6.92 Å². The highest BCUT2D eigenvalue weighted by Gasteiger charge is 2.12. The number of aromatic nitrogens is 1. The number of nitrogens with zero attached hydrogens (tertiary/aromatic N) is 2. The number of amides is 1. The van der Waals surface area contributed by atoms with Crippen LogP contribution in [0.15, 0.2) is 36.5 Å². The Balaban J connectivity index is 1.68. The molecule has 1 aromatic heterocycles. The number of carbonyl (C=O) groups excluding carboxylic acids is 1. The first-order valence-corrected chi connectivity index (χ1v) is 8.80. The van der Waals surface area contributed by atoms with Gasteiger partial charge in [-0.15, -0.1) is 0 Å². The van der Waals surface area contributed by atoms with Gasteiger partial charge in [0.05, 0.1) is 11.9 Å². The van der Waals surface area contributed by atoms with E-state index in [-0.39, 0.29) is 5.91 Å². The molecule has 1 saturated heterocycles. The maximum absolute atomic E-state index is 12.3. The summed E-state index contributed by atoms with van der Waals surface area (Å²) in [6.45, 7) is 4.06. The van der Waals surface area contributed by atoms with Crippen LogP contribution in [0.4, 0.5) is 11.4 Å². The standard InChI is InChI=1S/C19H22ClN3O/c1-14-6-7-15(12-17(14)20)22-19(24)18-9-8-16(13-21-18)23-10-4-2-3-5-11-23/h6-9,12-13H,2-5,10-11H2,1H3,(H,22,24). The molecule has 1 aliphatic heterocycles. The van der Waals surface area contributed by atoms with Crippen molar-refractivity contribution in [3.63, 3.8) is 0 Å². The van der Waals surface area contributed by atoms with E-state index < -0.39 is 0 Å². The van der Waals surface area contributed by atoms with Gasteiger partial charge in [-0.2, -0.15) is 0 Å². The van der Waals surface area contributed by atoms with Crippen LogP contribution >= 0.6 is 11.6 Å². The number of carbonyl (C=O) groups is 1. The topological polar surface area (TPSA) is 45.2 Å². The zero-order valence-electron chi connectivity index (χ0n) is 13.9. The molecule has 126 valence electrons. The van der Waals surface area contributed by atoms with Gasteiger partial charge >= 0.3 is 0 Å². The van der Waals surface area contributed by atoms with Crippen LogP contribution in [-0.4, -0.2) is 24.0 Å². The fourth-order valence-electron chi connectivity index (χ4n) is 2.90. The van der Waals surface area contributed by atoms with Gasteiger partial charge in [0.15, 0.2) is 0 Å². The van der Waals surface area contributed by atoms with E-state index in [1.807, 2.05) is 25.1 Å². The van der Waals surface area contributed by atoms with Crippen molar-refractivity contribution in [2.45, 2.75) is 32.6 Å². The number of benzene rings is 1. The van der Waals surface area contributed by atoms with E-state index in [1.54, 1.807) is 18.3 Å². The van der Waals surface area contributed by atoms with Crippen LogP contribution in [0.25, 0.3) is 0 Å². The van der Waals surface area contributed by atoms with Gasteiger partial charge in [0.25, 0.3) is 5.91 Å². The number of hydrogen-bond donors (Lipinski definition) is 1. The maximum atomic E-state index is 12.3. The Bertz CT molecular complexity index is 707. The molecule has 1 amide bonds. The number of anilines is 2. The summed E-state index contributed by atoms with van der Waals surface area (Å²) in [5.41, 5.74) is 3.15. The lowest BCUT2D eigenvalue weighted by Gasteiger charge is -2.22. The van der Waals surface area contributed by atoms with Crippen LogP contribution < -0.4 is 10.2 Å². The molecule has 0 saturated carbocycles. The number of hydrogen-bond acceptors (Lipinski definition) is 3. The average molecular weight is 344 g/mol. The van der Waals surface area contributed by atoms with Crippen molar-refractivity contribution in [1.82, 2.24) is 4.98 Å². The second kappa shape index (κ2) is 7.67. The van der Waals surface area contributed by atoms with Gasteiger partial charge in [0, 0.05) is 23.8 Å². The molecule has 1 N–H and O–H groups in total. The Morgan fingerprint density at radius 3 is 2.50 bits per heavy atom. The summed E-state index contributed by atoms with van der Waals surface area (Å²) in [6.07, 6.45) is 6.82. The van der Waals surface area contributed by atoms with Gasteiger partial charge in [-0.25, -0.2) is 4.98 Å². The molecule has 5 heteroatoms. The molecule has 0 radical (unpaired) electrons. The highest BCUT2D eigenvalue weighted by atomic mass is 35.5. The lowest BCUT2D eigenvalue weighted by Crippen LogP contribution is -2.24. The summed E-state index contributed by atoms with van der Waals surface area (Å²) in [5.74, 6) is -0.225. The first-order chi connectivity index (χ1) is 11.6. The zero-order chi connectivity index (χ0) is 16.9. The minimum Gasteiger partial charge on any atom is -0.370 e. The van der Waals surface area contributed by atoms with Crippen molar-refractivity contribution < 1.29 is 4.79 Å². The zero-order valence-corrected chi connectivity index (χ0v) is 14.6. The van der Waals surface area contributed by atoms with Crippen molar-refractivity contribution in [3.8, 4) is 0 Å². The summed E-state index contributed by atoms with van der Waals surface area (Å²) < 4.78 is 0. The Labute approximate surface area is 147 Å². The maximum Gasteiger partial charge on any atom is 0.274 e. The Morgan fingerprint density at radius 1 is 1.12 bits per heavy atom. The molecule has 3 rings (SSSR count). The molecule has 0 unspecified atom stereocenters. The molecule has 24 heavy (non-hydrogen) atoms. The summed E-state index contributed by atoms with van der Waals surface area (Å²) in [4.78, 5) is 19.0. The quantitative estimate of drug-likeness (QED) is 0.880. The lowest BCUT2D eigenvalue weighted by atomic mass is 10.2. The predicted octanol–water partition coefficient (Wildman–Crippen LogP) is 4.68.